The maximum Gasteiger partial charge on any atom is 0.449 e. The van der Waals surface area contributed by atoms with Crippen LogP contribution in [0.3, 0.4) is 0 Å². The molecule has 3 rings (SSSR count). The first kappa shape index (κ1) is 16.7. The Morgan fingerprint density at radius 2 is 2.04 bits per heavy atom. The second-order valence-electron chi connectivity index (χ2n) is 6.50. The van der Waals surface area contributed by atoms with E-state index in [1.54, 1.807) is 6.92 Å². The number of hydrogen-bond donors (Lipinski definition) is 1. The van der Waals surface area contributed by atoms with E-state index in [2.05, 4.69) is 0 Å². The highest BCUT2D eigenvalue weighted by atomic mass is 19.4. The Hall–Kier alpha value is -1.12. The first-order valence-corrected chi connectivity index (χ1v) is 7.75. The van der Waals surface area contributed by atoms with Gasteiger partial charge in [0.05, 0.1) is 6.10 Å². The van der Waals surface area contributed by atoms with Crippen LogP contribution in [-0.4, -0.2) is 35.7 Å². The van der Waals surface area contributed by atoms with Crippen LogP contribution in [0.4, 0.5) is 13.2 Å². The molecule has 0 aromatic heterocycles. The monoisotopic (exact) mass is 336 g/mol. The fraction of sp³-hybridized carbons (Fsp3) is 0.800. The minimum Gasteiger partial charge on any atom is -0.456 e. The summed E-state index contributed by atoms with van der Waals surface area (Å²) < 4.78 is 50.5. The molecule has 8 heteroatoms. The van der Waals surface area contributed by atoms with Gasteiger partial charge in [0.2, 0.25) is 12.0 Å². The summed E-state index contributed by atoms with van der Waals surface area (Å²) in [5, 5.41) is 9.62. The van der Waals surface area contributed by atoms with Crippen LogP contribution in [0.2, 0.25) is 0 Å². The van der Waals surface area contributed by atoms with E-state index in [0.717, 1.165) is 0 Å². The third kappa shape index (κ3) is 2.47. The van der Waals surface area contributed by atoms with Gasteiger partial charge < -0.3 is 9.47 Å². The van der Waals surface area contributed by atoms with E-state index in [4.69, 9.17) is 14.4 Å². The molecule has 130 valence electrons. The highest BCUT2D eigenvalue weighted by molar-refractivity contribution is 5.76. The first-order chi connectivity index (χ1) is 10.8. The second-order valence-corrected chi connectivity index (χ2v) is 6.50. The van der Waals surface area contributed by atoms with Gasteiger partial charge in [-0.2, -0.15) is 13.2 Å². The molecule has 1 saturated heterocycles. The normalized spacial score (nSPS) is 40.9. The van der Waals surface area contributed by atoms with E-state index < -0.39 is 35.3 Å². The number of carbonyl (C=O) groups is 1. The van der Waals surface area contributed by atoms with Gasteiger partial charge in [0, 0.05) is 11.5 Å². The predicted octanol–water partition coefficient (Wildman–Crippen LogP) is 3.20. The molecule has 5 atom stereocenters. The molecule has 0 spiro atoms. The molecule has 2 fully saturated rings. The van der Waals surface area contributed by atoms with Crippen LogP contribution in [0, 0.1) is 11.8 Å². The molecule has 1 N–H and O–H groups in total. The van der Waals surface area contributed by atoms with Crippen molar-refractivity contribution in [3.8, 4) is 0 Å². The molecule has 0 aromatic carbocycles. The molecule has 5 nitrogen and oxygen atoms in total. The summed E-state index contributed by atoms with van der Waals surface area (Å²) in [6.45, 7) is 1.74. The van der Waals surface area contributed by atoms with Crippen molar-refractivity contribution in [1.29, 1.82) is 0 Å². The van der Waals surface area contributed by atoms with E-state index in [1.807, 2.05) is 0 Å². The molecule has 23 heavy (non-hydrogen) atoms. The lowest BCUT2D eigenvalue weighted by Gasteiger charge is -2.52. The Labute approximate surface area is 131 Å². The lowest BCUT2D eigenvalue weighted by molar-refractivity contribution is -0.415. The van der Waals surface area contributed by atoms with Gasteiger partial charge in [-0.05, 0) is 38.5 Å². The number of rotatable bonds is 2. The smallest absolute Gasteiger partial charge is 0.449 e. The molecule has 0 bridgehead atoms. The van der Waals surface area contributed by atoms with E-state index in [1.165, 1.54) is 0 Å². The average Bonchev–Trinajstić information content (AvgIpc) is 2.64. The summed E-state index contributed by atoms with van der Waals surface area (Å²) in [6.07, 6.45) is -3.45. The summed E-state index contributed by atoms with van der Waals surface area (Å²) in [5.74, 6) is -2.46. The van der Waals surface area contributed by atoms with Gasteiger partial charge in [0.15, 0.2) is 5.60 Å². The van der Waals surface area contributed by atoms with Gasteiger partial charge in [-0.25, -0.2) is 4.89 Å². The second kappa shape index (κ2) is 5.75. The Morgan fingerprint density at radius 1 is 1.30 bits per heavy atom. The fourth-order valence-corrected chi connectivity index (χ4v) is 4.25. The van der Waals surface area contributed by atoms with Crippen molar-refractivity contribution in [2.45, 2.75) is 63.2 Å². The van der Waals surface area contributed by atoms with Gasteiger partial charge in [-0.1, -0.05) is 6.42 Å². The fourth-order valence-electron chi connectivity index (χ4n) is 4.25. The molecule has 0 radical (unpaired) electrons. The molecule has 2 unspecified atom stereocenters. The zero-order valence-electron chi connectivity index (χ0n) is 12.6. The van der Waals surface area contributed by atoms with Crippen LogP contribution >= 0.6 is 0 Å². The molecule has 1 saturated carbocycles. The van der Waals surface area contributed by atoms with Gasteiger partial charge in [-0.3, -0.25) is 10.1 Å². The standard InChI is InChI=1S/C15H19F3O5/c1-8-5-6-9-3-2-4-11-10(7-19)12(15(16,17)18)22-13(21-8)14(9,11)23-20/h7-9,11,13,20H,2-6H2,1H3/t8-,9?,11-,13-,14?/m0/s1. The predicted molar refractivity (Wildman–Crippen MR) is 71.1 cm³/mol. The van der Waals surface area contributed by atoms with E-state index in [9.17, 15) is 23.2 Å². The minimum absolute atomic E-state index is 0.168. The third-order valence-electron chi connectivity index (χ3n) is 5.28. The van der Waals surface area contributed by atoms with Crippen LogP contribution in [-0.2, 0) is 19.2 Å². The highest BCUT2D eigenvalue weighted by Gasteiger charge is 2.64. The van der Waals surface area contributed by atoms with Gasteiger partial charge in [0.1, 0.15) is 6.29 Å². The Kier molecular flexibility index (Phi) is 4.18. The quantitative estimate of drug-likeness (QED) is 0.477. The lowest BCUT2D eigenvalue weighted by Crippen LogP contribution is -2.62. The molecule has 0 amide bonds. The van der Waals surface area contributed by atoms with Crippen LogP contribution in [0.25, 0.3) is 0 Å². The maximum atomic E-state index is 13.3. The molecule has 0 aromatic rings. The molecule has 2 heterocycles. The number of carbonyl (C=O) groups excluding carboxylic acids is 1. The van der Waals surface area contributed by atoms with Crippen LogP contribution in [0.1, 0.15) is 39.0 Å². The number of allylic oxidation sites excluding steroid dienone is 1. The number of hydrogen-bond acceptors (Lipinski definition) is 5. The maximum absolute atomic E-state index is 13.3. The van der Waals surface area contributed by atoms with E-state index in [0.29, 0.717) is 32.1 Å². The molecule has 3 aliphatic rings. The first-order valence-electron chi connectivity index (χ1n) is 7.75. The largest absolute Gasteiger partial charge is 0.456 e. The number of alkyl halides is 3. The molecule has 1 aliphatic carbocycles. The SMILES string of the molecule is C[C@H]1CCC2CCC[C@H]3C(C=O)=C(C(F)(F)F)O[C@H](O1)C23OO. The van der Waals surface area contributed by atoms with Gasteiger partial charge in [0.25, 0.3) is 0 Å². The minimum atomic E-state index is -4.80. The molecular weight excluding hydrogens is 317 g/mol. The Morgan fingerprint density at radius 3 is 2.65 bits per heavy atom. The summed E-state index contributed by atoms with van der Waals surface area (Å²) in [6, 6.07) is 0. The summed E-state index contributed by atoms with van der Waals surface area (Å²) in [5.41, 5.74) is -1.96. The summed E-state index contributed by atoms with van der Waals surface area (Å²) in [4.78, 5) is 16.1. The van der Waals surface area contributed by atoms with Crippen molar-refractivity contribution in [3.05, 3.63) is 11.3 Å². The van der Waals surface area contributed by atoms with Crippen LogP contribution in [0.5, 0.6) is 0 Å². The van der Waals surface area contributed by atoms with Crippen LogP contribution in [0.15, 0.2) is 11.3 Å². The average molecular weight is 336 g/mol. The van der Waals surface area contributed by atoms with Crippen molar-refractivity contribution in [1.82, 2.24) is 0 Å². The van der Waals surface area contributed by atoms with Crippen molar-refractivity contribution < 1.29 is 37.6 Å². The van der Waals surface area contributed by atoms with Crippen molar-refractivity contribution in [3.63, 3.8) is 0 Å². The van der Waals surface area contributed by atoms with E-state index >= 15 is 0 Å². The van der Waals surface area contributed by atoms with Gasteiger partial charge >= 0.3 is 6.18 Å². The number of ether oxygens (including phenoxy) is 2. The summed E-state index contributed by atoms with van der Waals surface area (Å²) >= 11 is 0. The zero-order chi connectivity index (χ0) is 16.8. The Balaban J connectivity index is 2.16. The number of aldehydes is 1. The zero-order valence-corrected chi connectivity index (χ0v) is 12.6. The van der Waals surface area contributed by atoms with E-state index in [-0.39, 0.29) is 18.3 Å². The summed E-state index contributed by atoms with van der Waals surface area (Å²) in [7, 11) is 0. The Bertz CT molecular complexity index is 518. The molecular formula is C15H19F3O5. The van der Waals surface area contributed by atoms with Crippen molar-refractivity contribution in [2.24, 2.45) is 11.8 Å². The lowest BCUT2D eigenvalue weighted by atomic mass is 9.63. The third-order valence-corrected chi connectivity index (χ3v) is 5.28. The highest BCUT2D eigenvalue weighted by Crippen LogP contribution is 2.55. The number of halogens is 3. The van der Waals surface area contributed by atoms with Crippen molar-refractivity contribution >= 4 is 6.29 Å². The molecule has 2 aliphatic heterocycles. The topological polar surface area (TPSA) is 65.0 Å². The van der Waals surface area contributed by atoms with Gasteiger partial charge in [-0.15, -0.1) is 0 Å². The van der Waals surface area contributed by atoms with Crippen LogP contribution < -0.4 is 0 Å². The van der Waals surface area contributed by atoms with Crippen molar-refractivity contribution in [2.75, 3.05) is 0 Å².